The molecule has 1 amide bonds. The van der Waals surface area contributed by atoms with Crippen LogP contribution in [0.2, 0.25) is 0 Å². The Labute approximate surface area is 140 Å². The smallest absolute Gasteiger partial charge is 0.244 e. The second kappa shape index (κ2) is 8.05. The van der Waals surface area contributed by atoms with E-state index in [9.17, 15) is 4.79 Å². The lowest BCUT2D eigenvalue weighted by Crippen LogP contribution is -2.20. The molecule has 0 aliphatic carbocycles. The van der Waals surface area contributed by atoms with Gasteiger partial charge in [0.15, 0.2) is 11.5 Å². The molecule has 7 nitrogen and oxygen atoms in total. The Morgan fingerprint density at radius 2 is 1.88 bits per heavy atom. The number of carbonyl (C=O) groups is 1. The van der Waals surface area contributed by atoms with Crippen molar-refractivity contribution in [3.63, 3.8) is 0 Å². The number of nitrogens with one attached hydrogen (secondary N) is 1. The largest absolute Gasteiger partial charge is 0.493 e. The summed E-state index contributed by atoms with van der Waals surface area (Å²) < 4.78 is 20.8. The molecule has 0 saturated heterocycles. The van der Waals surface area contributed by atoms with Gasteiger partial charge in [0.1, 0.15) is 5.76 Å². The minimum Gasteiger partial charge on any atom is -0.493 e. The number of hydrogen-bond acceptors (Lipinski definition) is 6. The Morgan fingerprint density at radius 1 is 1.21 bits per heavy atom. The lowest BCUT2D eigenvalue weighted by Gasteiger charge is -2.12. The molecular formula is C17H20N2O5. The predicted octanol–water partition coefficient (Wildman–Crippen LogP) is 2.34. The van der Waals surface area contributed by atoms with E-state index in [1.807, 2.05) is 0 Å². The van der Waals surface area contributed by atoms with Crippen molar-refractivity contribution < 1.29 is 23.5 Å². The van der Waals surface area contributed by atoms with Crippen LogP contribution in [0.5, 0.6) is 17.2 Å². The SMILES string of the molecule is COc1cc(/C=C/C(=O)NCc2cnoc2C)cc(OC)c1OC. The number of aromatic nitrogens is 1. The summed E-state index contributed by atoms with van der Waals surface area (Å²) in [4.78, 5) is 11.9. The predicted molar refractivity (Wildman–Crippen MR) is 88.2 cm³/mol. The summed E-state index contributed by atoms with van der Waals surface area (Å²) in [6.45, 7) is 2.15. The molecule has 1 heterocycles. The molecule has 0 atom stereocenters. The average Bonchev–Trinajstić information content (AvgIpc) is 3.01. The Balaban J connectivity index is 2.07. The van der Waals surface area contributed by atoms with Gasteiger partial charge in [0, 0.05) is 18.2 Å². The lowest BCUT2D eigenvalue weighted by atomic mass is 10.1. The van der Waals surface area contributed by atoms with Gasteiger partial charge >= 0.3 is 0 Å². The Hall–Kier alpha value is -2.96. The summed E-state index contributed by atoms with van der Waals surface area (Å²) in [7, 11) is 4.62. The maximum atomic E-state index is 11.9. The van der Waals surface area contributed by atoms with E-state index in [1.165, 1.54) is 13.2 Å². The first kappa shape index (κ1) is 17.4. The van der Waals surface area contributed by atoms with Crippen molar-refractivity contribution in [3.05, 3.63) is 41.3 Å². The minimum atomic E-state index is -0.232. The fourth-order valence-corrected chi connectivity index (χ4v) is 2.10. The third-order valence-corrected chi connectivity index (χ3v) is 3.42. The molecule has 0 aliphatic heterocycles. The van der Waals surface area contributed by atoms with E-state index in [0.717, 1.165) is 11.1 Å². The Kier molecular flexibility index (Phi) is 5.83. The van der Waals surface area contributed by atoms with Gasteiger partial charge in [0.2, 0.25) is 11.7 Å². The van der Waals surface area contributed by atoms with Gasteiger partial charge in [-0.05, 0) is 30.7 Å². The highest BCUT2D eigenvalue weighted by molar-refractivity contribution is 5.91. The van der Waals surface area contributed by atoms with Crippen LogP contribution in [0, 0.1) is 6.92 Å². The van der Waals surface area contributed by atoms with E-state index >= 15 is 0 Å². The van der Waals surface area contributed by atoms with E-state index in [-0.39, 0.29) is 5.91 Å². The van der Waals surface area contributed by atoms with Crippen LogP contribution in [-0.2, 0) is 11.3 Å². The third kappa shape index (κ3) is 4.07. The molecule has 0 bridgehead atoms. The molecular weight excluding hydrogens is 312 g/mol. The van der Waals surface area contributed by atoms with Gasteiger partial charge in [0.25, 0.3) is 0 Å². The molecule has 1 aromatic carbocycles. The van der Waals surface area contributed by atoms with E-state index in [4.69, 9.17) is 18.7 Å². The molecule has 0 saturated carbocycles. The first-order valence-electron chi connectivity index (χ1n) is 7.25. The molecule has 24 heavy (non-hydrogen) atoms. The van der Waals surface area contributed by atoms with Gasteiger partial charge in [-0.2, -0.15) is 0 Å². The number of carbonyl (C=O) groups excluding carboxylic acids is 1. The molecule has 0 unspecified atom stereocenters. The van der Waals surface area contributed by atoms with Gasteiger partial charge in [-0.15, -0.1) is 0 Å². The number of hydrogen-bond donors (Lipinski definition) is 1. The second-order valence-corrected chi connectivity index (χ2v) is 4.92. The van der Waals surface area contributed by atoms with Gasteiger partial charge in [-0.25, -0.2) is 0 Å². The van der Waals surface area contributed by atoms with Crippen molar-refractivity contribution >= 4 is 12.0 Å². The Bertz CT molecular complexity index is 711. The van der Waals surface area contributed by atoms with E-state index < -0.39 is 0 Å². The van der Waals surface area contributed by atoms with Crippen LogP contribution >= 0.6 is 0 Å². The molecule has 2 aromatic rings. The van der Waals surface area contributed by atoms with Gasteiger partial charge in [0.05, 0.1) is 27.5 Å². The molecule has 0 spiro atoms. The molecule has 0 radical (unpaired) electrons. The van der Waals surface area contributed by atoms with Crippen molar-refractivity contribution in [3.8, 4) is 17.2 Å². The van der Waals surface area contributed by atoms with Crippen molar-refractivity contribution in [2.75, 3.05) is 21.3 Å². The Morgan fingerprint density at radius 3 is 2.38 bits per heavy atom. The molecule has 0 aliphatic rings. The molecule has 0 fully saturated rings. The van der Waals surface area contributed by atoms with Crippen LogP contribution in [0.15, 0.2) is 28.9 Å². The third-order valence-electron chi connectivity index (χ3n) is 3.42. The number of rotatable bonds is 7. The van der Waals surface area contributed by atoms with Crippen molar-refractivity contribution in [2.24, 2.45) is 0 Å². The molecule has 1 aromatic heterocycles. The number of nitrogens with zero attached hydrogens (tertiary/aromatic N) is 1. The number of amides is 1. The summed E-state index contributed by atoms with van der Waals surface area (Å²) in [5.74, 6) is 2.01. The number of methoxy groups -OCH3 is 3. The number of benzene rings is 1. The quantitative estimate of drug-likeness (QED) is 0.784. The first-order valence-corrected chi connectivity index (χ1v) is 7.25. The normalized spacial score (nSPS) is 10.7. The topological polar surface area (TPSA) is 82.8 Å². The van der Waals surface area contributed by atoms with Crippen molar-refractivity contribution in [1.29, 1.82) is 0 Å². The highest BCUT2D eigenvalue weighted by Crippen LogP contribution is 2.38. The molecule has 128 valence electrons. The fourth-order valence-electron chi connectivity index (χ4n) is 2.10. The second-order valence-electron chi connectivity index (χ2n) is 4.92. The highest BCUT2D eigenvalue weighted by atomic mass is 16.5. The zero-order chi connectivity index (χ0) is 17.5. The van der Waals surface area contributed by atoms with Crippen LogP contribution in [0.3, 0.4) is 0 Å². The van der Waals surface area contributed by atoms with Crippen molar-refractivity contribution in [1.82, 2.24) is 10.5 Å². The highest BCUT2D eigenvalue weighted by Gasteiger charge is 2.12. The maximum Gasteiger partial charge on any atom is 0.244 e. The molecule has 7 heteroatoms. The van der Waals surface area contributed by atoms with Crippen LogP contribution in [0.1, 0.15) is 16.9 Å². The summed E-state index contributed by atoms with van der Waals surface area (Å²) in [5.41, 5.74) is 1.59. The minimum absolute atomic E-state index is 0.232. The van der Waals surface area contributed by atoms with Gasteiger partial charge in [-0.3, -0.25) is 4.79 Å². The lowest BCUT2D eigenvalue weighted by molar-refractivity contribution is -0.116. The van der Waals surface area contributed by atoms with E-state index in [0.29, 0.717) is 29.6 Å². The van der Waals surface area contributed by atoms with Crippen LogP contribution in [0.4, 0.5) is 0 Å². The van der Waals surface area contributed by atoms with E-state index in [2.05, 4.69) is 10.5 Å². The maximum absolute atomic E-state index is 11.9. The van der Waals surface area contributed by atoms with Gasteiger partial charge < -0.3 is 24.1 Å². The number of aryl methyl sites for hydroxylation is 1. The zero-order valence-electron chi connectivity index (χ0n) is 14.1. The van der Waals surface area contributed by atoms with Crippen LogP contribution in [0.25, 0.3) is 6.08 Å². The molecule has 1 N–H and O–H groups in total. The fraction of sp³-hybridized carbons (Fsp3) is 0.294. The summed E-state index contributed by atoms with van der Waals surface area (Å²) in [5, 5.41) is 6.43. The van der Waals surface area contributed by atoms with Gasteiger partial charge in [-0.1, -0.05) is 5.16 Å². The standard InChI is InChI=1S/C17H20N2O5/c1-11-13(10-19-24-11)9-18-16(20)6-5-12-7-14(21-2)17(23-4)15(8-12)22-3/h5-8,10H,9H2,1-4H3,(H,18,20)/b6-5+. The summed E-state index contributed by atoms with van der Waals surface area (Å²) in [6.07, 6.45) is 4.68. The summed E-state index contributed by atoms with van der Waals surface area (Å²) in [6, 6.07) is 3.52. The summed E-state index contributed by atoms with van der Waals surface area (Å²) >= 11 is 0. The number of ether oxygens (including phenoxy) is 3. The zero-order valence-corrected chi connectivity index (χ0v) is 14.1. The monoisotopic (exact) mass is 332 g/mol. The van der Waals surface area contributed by atoms with Crippen LogP contribution in [-0.4, -0.2) is 32.4 Å². The first-order chi connectivity index (χ1) is 11.6. The van der Waals surface area contributed by atoms with Crippen molar-refractivity contribution in [2.45, 2.75) is 13.5 Å². The molecule has 2 rings (SSSR count). The average molecular weight is 332 g/mol. The van der Waals surface area contributed by atoms with E-state index in [1.54, 1.807) is 45.5 Å². The van der Waals surface area contributed by atoms with Crippen LogP contribution < -0.4 is 19.5 Å².